The molecule has 0 unspecified atom stereocenters. The third-order valence-corrected chi connectivity index (χ3v) is 6.01. The van der Waals surface area contributed by atoms with Gasteiger partial charge in [0, 0.05) is 13.1 Å². The van der Waals surface area contributed by atoms with Crippen molar-refractivity contribution in [3.63, 3.8) is 0 Å². The second-order valence-electron chi connectivity index (χ2n) is 8.45. The predicted molar refractivity (Wildman–Crippen MR) is 109 cm³/mol. The van der Waals surface area contributed by atoms with Crippen LogP contribution in [0.5, 0.6) is 11.5 Å². The summed E-state index contributed by atoms with van der Waals surface area (Å²) >= 11 is 0. The predicted octanol–water partition coefficient (Wildman–Crippen LogP) is 4.33. The summed E-state index contributed by atoms with van der Waals surface area (Å²) in [5.41, 5.74) is 2.84. The quantitative estimate of drug-likeness (QED) is 0.761. The van der Waals surface area contributed by atoms with Gasteiger partial charge in [0.15, 0.2) is 0 Å². The zero-order valence-corrected chi connectivity index (χ0v) is 17.3. The summed E-state index contributed by atoms with van der Waals surface area (Å²) in [5, 5.41) is 10.5. The first-order valence-corrected chi connectivity index (χ1v) is 10.4. The molecule has 0 atom stereocenters. The molecule has 2 aromatic rings. The van der Waals surface area contributed by atoms with Gasteiger partial charge in [0.2, 0.25) is 0 Å². The molecule has 1 saturated heterocycles. The van der Waals surface area contributed by atoms with E-state index in [4.69, 9.17) is 0 Å². The maximum absolute atomic E-state index is 12.8. The first-order chi connectivity index (χ1) is 14.7. The SMILES string of the molecule is CN1CCC(Cc2cc(O)c3c(c2)CN(Cc2ccc(OC(F)(F)F)cc2)C3=O)CC1. The maximum atomic E-state index is 12.8. The smallest absolute Gasteiger partial charge is 0.507 e. The van der Waals surface area contributed by atoms with Crippen molar-refractivity contribution >= 4 is 5.91 Å². The molecule has 0 aliphatic carbocycles. The van der Waals surface area contributed by atoms with Gasteiger partial charge in [-0.2, -0.15) is 0 Å². The van der Waals surface area contributed by atoms with Crippen LogP contribution in [0.25, 0.3) is 0 Å². The van der Waals surface area contributed by atoms with Crippen LogP contribution in [0.4, 0.5) is 13.2 Å². The van der Waals surface area contributed by atoms with Crippen molar-refractivity contribution < 1.29 is 27.8 Å². The molecule has 4 rings (SSSR count). The molecule has 0 bridgehead atoms. The molecule has 2 heterocycles. The van der Waals surface area contributed by atoms with E-state index in [0.29, 0.717) is 23.6 Å². The lowest BCUT2D eigenvalue weighted by Gasteiger charge is -2.29. The van der Waals surface area contributed by atoms with Crippen molar-refractivity contribution in [1.82, 2.24) is 9.80 Å². The van der Waals surface area contributed by atoms with Crippen LogP contribution in [0.1, 0.15) is 39.9 Å². The molecule has 2 aromatic carbocycles. The molecule has 8 heteroatoms. The van der Waals surface area contributed by atoms with E-state index >= 15 is 0 Å². The largest absolute Gasteiger partial charge is 0.573 e. The number of aromatic hydroxyl groups is 1. The summed E-state index contributed by atoms with van der Waals surface area (Å²) in [6.07, 6.45) is -1.62. The number of hydrogen-bond acceptors (Lipinski definition) is 4. The van der Waals surface area contributed by atoms with Gasteiger partial charge in [0.1, 0.15) is 11.5 Å². The standard InChI is InChI=1S/C23H25F3N2O3/c1-27-8-6-15(7-9-27)10-17-11-18-14-28(22(30)21(18)20(29)12-17)13-16-2-4-19(5-3-16)31-23(24,25)26/h2-5,11-12,15,29H,6-10,13-14H2,1H3. The lowest BCUT2D eigenvalue weighted by Crippen LogP contribution is -2.30. The van der Waals surface area contributed by atoms with Crippen LogP contribution >= 0.6 is 0 Å². The summed E-state index contributed by atoms with van der Waals surface area (Å²) in [7, 11) is 2.12. The molecule has 166 valence electrons. The Hall–Kier alpha value is -2.74. The van der Waals surface area contributed by atoms with E-state index < -0.39 is 6.36 Å². The Morgan fingerprint density at radius 3 is 2.42 bits per heavy atom. The van der Waals surface area contributed by atoms with Crippen LogP contribution in [0.2, 0.25) is 0 Å². The number of carbonyl (C=O) groups is 1. The molecule has 0 saturated carbocycles. The van der Waals surface area contributed by atoms with Crippen molar-refractivity contribution in [2.45, 2.75) is 38.7 Å². The van der Waals surface area contributed by atoms with Gasteiger partial charge in [-0.3, -0.25) is 4.79 Å². The van der Waals surface area contributed by atoms with Crippen LogP contribution in [-0.4, -0.2) is 47.3 Å². The molecule has 0 aromatic heterocycles. The Bertz CT molecular complexity index is 952. The first kappa shape index (κ1) is 21.5. The Morgan fingerprint density at radius 2 is 1.77 bits per heavy atom. The van der Waals surface area contributed by atoms with Gasteiger partial charge >= 0.3 is 6.36 Å². The molecule has 0 radical (unpaired) electrons. The minimum atomic E-state index is -4.74. The van der Waals surface area contributed by atoms with Gasteiger partial charge in [0.05, 0.1) is 5.56 Å². The number of halogens is 3. The van der Waals surface area contributed by atoms with Gasteiger partial charge in [-0.1, -0.05) is 18.2 Å². The minimum Gasteiger partial charge on any atom is -0.507 e. The molecule has 0 spiro atoms. The van der Waals surface area contributed by atoms with E-state index in [1.807, 2.05) is 6.07 Å². The van der Waals surface area contributed by atoms with E-state index in [0.717, 1.165) is 43.5 Å². The average molecular weight is 434 g/mol. The van der Waals surface area contributed by atoms with Gasteiger partial charge in [-0.15, -0.1) is 13.2 Å². The average Bonchev–Trinajstić information content (AvgIpc) is 3.00. The number of nitrogens with zero attached hydrogens (tertiary/aromatic N) is 2. The number of phenolic OH excluding ortho intramolecular Hbond substituents is 1. The zero-order valence-electron chi connectivity index (χ0n) is 17.3. The second kappa shape index (κ2) is 8.42. The number of hydrogen-bond donors (Lipinski definition) is 1. The van der Waals surface area contributed by atoms with E-state index in [2.05, 4.69) is 16.7 Å². The highest BCUT2D eigenvalue weighted by molar-refractivity contribution is 6.01. The number of piperidine rings is 1. The van der Waals surface area contributed by atoms with E-state index in [1.165, 1.54) is 24.3 Å². The molecule has 5 nitrogen and oxygen atoms in total. The Balaban J connectivity index is 1.43. The highest BCUT2D eigenvalue weighted by atomic mass is 19.4. The minimum absolute atomic E-state index is 0.00172. The molecule has 1 amide bonds. The number of ether oxygens (including phenoxy) is 1. The van der Waals surface area contributed by atoms with Crippen molar-refractivity contribution in [1.29, 1.82) is 0 Å². The molecule has 31 heavy (non-hydrogen) atoms. The fourth-order valence-electron chi connectivity index (χ4n) is 4.42. The van der Waals surface area contributed by atoms with Crippen LogP contribution in [0.3, 0.4) is 0 Å². The fourth-order valence-corrected chi connectivity index (χ4v) is 4.42. The van der Waals surface area contributed by atoms with Crippen molar-refractivity contribution in [2.24, 2.45) is 5.92 Å². The second-order valence-corrected chi connectivity index (χ2v) is 8.45. The van der Waals surface area contributed by atoms with Gasteiger partial charge in [0.25, 0.3) is 5.91 Å². The Kier molecular flexibility index (Phi) is 5.83. The number of likely N-dealkylation sites (tertiary alicyclic amines) is 1. The van der Waals surface area contributed by atoms with Crippen molar-refractivity contribution in [3.05, 3.63) is 58.7 Å². The lowest BCUT2D eigenvalue weighted by molar-refractivity contribution is -0.274. The van der Waals surface area contributed by atoms with Gasteiger partial charge in [-0.05, 0) is 80.2 Å². The topological polar surface area (TPSA) is 53.0 Å². The Morgan fingerprint density at radius 1 is 1.10 bits per heavy atom. The van der Waals surface area contributed by atoms with Crippen molar-refractivity contribution in [2.75, 3.05) is 20.1 Å². The van der Waals surface area contributed by atoms with Crippen LogP contribution in [0, 0.1) is 5.92 Å². The highest BCUT2D eigenvalue weighted by Gasteiger charge is 2.32. The van der Waals surface area contributed by atoms with Gasteiger partial charge in [-0.25, -0.2) is 0 Å². The highest BCUT2D eigenvalue weighted by Crippen LogP contribution is 2.34. The summed E-state index contributed by atoms with van der Waals surface area (Å²) in [4.78, 5) is 16.7. The molecular weight excluding hydrogens is 409 g/mol. The summed E-state index contributed by atoms with van der Waals surface area (Å²) < 4.78 is 40.8. The molecule has 2 aliphatic heterocycles. The summed E-state index contributed by atoms with van der Waals surface area (Å²) in [5.74, 6) is -0.00132. The van der Waals surface area contributed by atoms with Crippen LogP contribution < -0.4 is 4.74 Å². The number of amides is 1. The molecule has 2 aliphatic rings. The number of carbonyl (C=O) groups excluding carboxylic acids is 1. The molecule has 1 fully saturated rings. The zero-order chi connectivity index (χ0) is 22.2. The Labute approximate surface area is 179 Å². The summed E-state index contributed by atoms with van der Waals surface area (Å²) in [6.45, 7) is 2.74. The van der Waals surface area contributed by atoms with E-state index in [1.54, 1.807) is 11.0 Å². The monoisotopic (exact) mass is 434 g/mol. The van der Waals surface area contributed by atoms with Crippen molar-refractivity contribution in [3.8, 4) is 11.5 Å². The normalized spacial score (nSPS) is 17.8. The summed E-state index contributed by atoms with van der Waals surface area (Å²) in [6, 6.07) is 9.17. The number of fused-ring (bicyclic) bond motifs is 1. The molecular formula is C23H25F3N2O3. The maximum Gasteiger partial charge on any atom is 0.573 e. The third kappa shape index (κ3) is 5.12. The molecule has 1 N–H and O–H groups in total. The van der Waals surface area contributed by atoms with E-state index in [9.17, 15) is 23.1 Å². The fraction of sp³-hybridized carbons (Fsp3) is 0.435. The third-order valence-electron chi connectivity index (χ3n) is 6.01. The number of alkyl halides is 3. The lowest BCUT2D eigenvalue weighted by atomic mass is 9.89. The van der Waals surface area contributed by atoms with Crippen LogP contribution in [0.15, 0.2) is 36.4 Å². The number of rotatable bonds is 5. The van der Waals surface area contributed by atoms with Gasteiger partial charge < -0.3 is 19.6 Å². The van der Waals surface area contributed by atoms with Crippen LogP contribution in [-0.2, 0) is 19.5 Å². The number of benzene rings is 2. The first-order valence-electron chi connectivity index (χ1n) is 10.4. The number of phenols is 1. The van der Waals surface area contributed by atoms with E-state index in [-0.39, 0.29) is 24.0 Å².